The molecule has 0 bridgehead atoms. The van der Waals surface area contributed by atoms with Crippen LogP contribution in [0, 0.1) is 6.92 Å². The fourth-order valence-electron chi connectivity index (χ4n) is 3.06. The molecule has 0 atom stereocenters. The molecule has 34 heavy (non-hydrogen) atoms. The number of carbonyl (C=O) groups excluding carboxylic acids is 1. The Labute approximate surface area is 207 Å². The van der Waals surface area contributed by atoms with Crippen molar-refractivity contribution in [1.82, 2.24) is 5.43 Å². The van der Waals surface area contributed by atoms with E-state index in [0.717, 1.165) is 19.9 Å². The van der Waals surface area contributed by atoms with Gasteiger partial charge in [0.25, 0.3) is 15.9 Å². The molecule has 1 N–H and O–H groups in total. The number of rotatable bonds is 9. The largest absolute Gasteiger partial charge is 0.497 e. The van der Waals surface area contributed by atoms with E-state index in [4.69, 9.17) is 9.47 Å². The maximum absolute atomic E-state index is 13.6. The summed E-state index contributed by atoms with van der Waals surface area (Å²) in [5.41, 5.74) is 4.21. The van der Waals surface area contributed by atoms with Crippen LogP contribution in [0.25, 0.3) is 0 Å². The maximum atomic E-state index is 13.6. The van der Waals surface area contributed by atoms with Crippen LogP contribution >= 0.6 is 15.9 Å². The van der Waals surface area contributed by atoms with E-state index >= 15 is 0 Å². The summed E-state index contributed by atoms with van der Waals surface area (Å²) in [4.78, 5) is 12.8. The second kappa shape index (κ2) is 11.2. The number of methoxy groups -OCH3 is 2. The van der Waals surface area contributed by atoms with Gasteiger partial charge in [-0.3, -0.25) is 9.10 Å². The molecule has 1 amide bonds. The van der Waals surface area contributed by atoms with Crippen molar-refractivity contribution >= 4 is 43.8 Å². The number of carbonyl (C=O) groups is 1. The van der Waals surface area contributed by atoms with Crippen LogP contribution in [0.1, 0.15) is 11.1 Å². The minimum absolute atomic E-state index is 0.0356. The highest BCUT2D eigenvalue weighted by Crippen LogP contribution is 2.35. The molecule has 3 rings (SSSR count). The third-order valence-corrected chi connectivity index (χ3v) is 7.07. The van der Waals surface area contributed by atoms with Crippen molar-refractivity contribution in [3.63, 3.8) is 0 Å². The maximum Gasteiger partial charge on any atom is 0.264 e. The highest BCUT2D eigenvalue weighted by Gasteiger charge is 2.30. The van der Waals surface area contributed by atoms with Crippen molar-refractivity contribution in [3.8, 4) is 11.5 Å². The smallest absolute Gasteiger partial charge is 0.264 e. The molecule has 0 unspecified atom stereocenters. The molecule has 0 spiro atoms. The van der Waals surface area contributed by atoms with Crippen LogP contribution in [0.15, 0.2) is 81.2 Å². The molecule has 0 saturated heterocycles. The van der Waals surface area contributed by atoms with E-state index in [1.165, 1.54) is 38.6 Å². The van der Waals surface area contributed by atoms with Crippen LogP contribution in [0.5, 0.6) is 11.5 Å². The number of amides is 1. The summed E-state index contributed by atoms with van der Waals surface area (Å²) in [6.45, 7) is 1.32. The Kier molecular flexibility index (Phi) is 8.30. The highest BCUT2D eigenvalue weighted by atomic mass is 79.9. The van der Waals surface area contributed by atoms with Gasteiger partial charge in [0, 0.05) is 10.5 Å². The molecule has 178 valence electrons. The van der Waals surface area contributed by atoms with E-state index in [9.17, 15) is 13.2 Å². The van der Waals surface area contributed by atoms with Crippen molar-refractivity contribution in [1.29, 1.82) is 0 Å². The minimum atomic E-state index is -4.13. The molecule has 3 aromatic carbocycles. The van der Waals surface area contributed by atoms with Gasteiger partial charge in [-0.05, 0) is 48.9 Å². The topological polar surface area (TPSA) is 97.3 Å². The molecule has 0 aliphatic carbocycles. The number of sulfonamides is 1. The van der Waals surface area contributed by atoms with Gasteiger partial charge in [-0.1, -0.05) is 45.8 Å². The molecule has 0 aliphatic rings. The van der Waals surface area contributed by atoms with E-state index in [0.29, 0.717) is 5.75 Å². The van der Waals surface area contributed by atoms with E-state index in [-0.39, 0.29) is 16.3 Å². The van der Waals surface area contributed by atoms with Gasteiger partial charge in [-0.15, -0.1) is 0 Å². The molecule has 0 radical (unpaired) electrons. The van der Waals surface area contributed by atoms with Gasteiger partial charge in [-0.2, -0.15) is 5.10 Å². The van der Waals surface area contributed by atoms with Gasteiger partial charge in [0.2, 0.25) is 0 Å². The number of anilines is 1. The average Bonchev–Trinajstić information content (AvgIpc) is 2.82. The number of halogens is 1. The summed E-state index contributed by atoms with van der Waals surface area (Å²) in [5, 5.41) is 3.95. The molecular formula is C24H24BrN3O5S. The van der Waals surface area contributed by atoms with Crippen LogP contribution < -0.4 is 19.2 Å². The Morgan fingerprint density at radius 2 is 1.79 bits per heavy atom. The zero-order valence-corrected chi connectivity index (χ0v) is 21.3. The molecule has 0 saturated carbocycles. The first-order chi connectivity index (χ1) is 16.2. The number of ether oxygens (including phenoxy) is 2. The third-order valence-electron chi connectivity index (χ3n) is 4.80. The Hall–Kier alpha value is -3.37. The minimum Gasteiger partial charge on any atom is -0.497 e. The first kappa shape index (κ1) is 25.3. The monoisotopic (exact) mass is 545 g/mol. The summed E-state index contributed by atoms with van der Waals surface area (Å²) >= 11 is 3.37. The van der Waals surface area contributed by atoms with Gasteiger partial charge in [0.05, 0.1) is 31.0 Å². The summed E-state index contributed by atoms with van der Waals surface area (Å²) in [6, 6.07) is 18.4. The molecule has 0 aromatic heterocycles. The molecule has 0 fully saturated rings. The first-order valence-electron chi connectivity index (χ1n) is 10.1. The van der Waals surface area contributed by atoms with Crippen molar-refractivity contribution < 1.29 is 22.7 Å². The Morgan fingerprint density at radius 3 is 2.44 bits per heavy atom. The van der Waals surface area contributed by atoms with Gasteiger partial charge in [-0.25, -0.2) is 13.8 Å². The number of aryl methyl sites for hydroxylation is 1. The normalized spacial score (nSPS) is 11.3. The van der Waals surface area contributed by atoms with Crippen LogP contribution in [-0.4, -0.2) is 41.3 Å². The number of nitrogens with one attached hydrogen (secondary N) is 1. The number of hydrazone groups is 1. The molecule has 3 aromatic rings. The van der Waals surface area contributed by atoms with Crippen molar-refractivity contribution in [3.05, 3.63) is 82.3 Å². The van der Waals surface area contributed by atoms with E-state index in [2.05, 4.69) is 26.5 Å². The lowest BCUT2D eigenvalue weighted by Crippen LogP contribution is -2.39. The zero-order valence-electron chi connectivity index (χ0n) is 18.9. The van der Waals surface area contributed by atoms with Crippen LogP contribution in [0.2, 0.25) is 0 Å². The summed E-state index contributed by atoms with van der Waals surface area (Å²) in [6.07, 6.45) is 1.47. The lowest BCUT2D eigenvalue weighted by Gasteiger charge is -2.25. The molecule has 8 nitrogen and oxygen atoms in total. The summed E-state index contributed by atoms with van der Waals surface area (Å²) in [5.74, 6) is 0.0433. The fraction of sp³-hybridized carbons (Fsp3) is 0.167. The predicted octanol–water partition coefficient (Wildman–Crippen LogP) is 4.12. The Bertz CT molecular complexity index is 1290. The second-order valence-electron chi connectivity index (χ2n) is 7.21. The van der Waals surface area contributed by atoms with Crippen molar-refractivity contribution in [2.24, 2.45) is 5.10 Å². The average molecular weight is 546 g/mol. The van der Waals surface area contributed by atoms with E-state index in [1.807, 2.05) is 31.2 Å². The summed E-state index contributed by atoms with van der Waals surface area (Å²) < 4.78 is 39.7. The lowest BCUT2D eigenvalue weighted by molar-refractivity contribution is -0.119. The predicted molar refractivity (Wildman–Crippen MR) is 135 cm³/mol. The van der Waals surface area contributed by atoms with Crippen molar-refractivity contribution in [2.45, 2.75) is 11.8 Å². The molecule has 0 aliphatic heterocycles. The number of hydrogen-bond donors (Lipinski definition) is 1. The Morgan fingerprint density at radius 1 is 1.06 bits per heavy atom. The molecule has 10 heteroatoms. The van der Waals surface area contributed by atoms with Crippen LogP contribution in [0.4, 0.5) is 5.69 Å². The van der Waals surface area contributed by atoms with E-state index < -0.39 is 22.5 Å². The molecular weight excluding hydrogens is 522 g/mol. The first-order valence-corrected chi connectivity index (χ1v) is 12.4. The summed E-state index contributed by atoms with van der Waals surface area (Å²) in [7, 11) is -1.24. The Balaban J connectivity index is 1.95. The van der Waals surface area contributed by atoms with Gasteiger partial charge < -0.3 is 9.47 Å². The van der Waals surface area contributed by atoms with Gasteiger partial charge >= 0.3 is 0 Å². The molecule has 0 heterocycles. The zero-order chi connectivity index (χ0) is 24.7. The van der Waals surface area contributed by atoms with Gasteiger partial charge in [0.1, 0.15) is 18.0 Å². The van der Waals surface area contributed by atoms with E-state index in [1.54, 1.807) is 24.3 Å². The highest BCUT2D eigenvalue weighted by molar-refractivity contribution is 9.10. The fourth-order valence-corrected chi connectivity index (χ4v) is 4.90. The quantitative estimate of drug-likeness (QED) is 0.322. The lowest BCUT2D eigenvalue weighted by atomic mass is 10.2. The van der Waals surface area contributed by atoms with Gasteiger partial charge in [0.15, 0.2) is 0 Å². The number of benzene rings is 3. The second-order valence-corrected chi connectivity index (χ2v) is 9.99. The van der Waals surface area contributed by atoms with Crippen molar-refractivity contribution in [2.75, 3.05) is 25.1 Å². The third kappa shape index (κ3) is 6.15. The van der Waals surface area contributed by atoms with Crippen LogP contribution in [0.3, 0.4) is 0 Å². The SMILES string of the molecule is COc1ccc(OC)c(N(CC(=O)N/N=C\c2cccc(Br)c2)S(=O)(=O)c2ccc(C)cc2)c1. The standard InChI is InChI=1S/C24H24BrN3O5S/c1-17-7-10-21(11-8-17)34(30,31)28(22-14-20(32-2)9-12-23(22)33-3)16-24(29)27-26-15-18-5-4-6-19(25)13-18/h4-15H,16H2,1-3H3,(H,27,29)/b26-15-. The number of hydrogen-bond acceptors (Lipinski definition) is 6. The van der Waals surface area contributed by atoms with Crippen LogP contribution in [-0.2, 0) is 14.8 Å². The number of nitrogens with zero attached hydrogens (tertiary/aromatic N) is 2.